The first kappa shape index (κ1) is 7.93. The van der Waals surface area contributed by atoms with E-state index in [-0.39, 0.29) is 13.1 Å². The lowest BCUT2D eigenvalue weighted by Gasteiger charge is -2.41. The first-order valence-electron chi connectivity index (χ1n) is 3.07. The Balaban J connectivity index is 2.56. The van der Waals surface area contributed by atoms with Gasteiger partial charge < -0.3 is 10.2 Å². The summed E-state index contributed by atoms with van der Waals surface area (Å²) >= 11 is 0. The van der Waals surface area contributed by atoms with Gasteiger partial charge >= 0.3 is 5.97 Å². The molecule has 0 aromatic carbocycles. The minimum absolute atomic E-state index is 0.00231. The van der Waals surface area contributed by atoms with Crippen LogP contribution >= 0.6 is 0 Å². The summed E-state index contributed by atoms with van der Waals surface area (Å²) in [4.78, 5) is 20.3. The monoisotopic (exact) mass is 160 g/mol. The van der Waals surface area contributed by atoms with Crippen LogP contribution in [0.4, 0.5) is 0 Å². The Morgan fingerprint density at radius 3 is 2.45 bits per heavy atom. The van der Waals surface area contributed by atoms with E-state index in [0.29, 0.717) is 0 Å². The molecule has 62 valence electrons. The summed E-state index contributed by atoms with van der Waals surface area (Å²) in [7, 11) is 0. The zero-order chi connectivity index (χ0) is 8.48. The standard InChI is InChI=1S/C5H8N2O4/c8-3-5(4(9)10)1-7(2-5)6-11/h8H,1-3H2,(H,9,10). The van der Waals surface area contributed by atoms with Crippen molar-refractivity contribution in [1.29, 1.82) is 0 Å². The SMILES string of the molecule is O=NN1CC(CO)(C(=O)O)C1. The van der Waals surface area contributed by atoms with Crippen molar-refractivity contribution < 1.29 is 15.0 Å². The highest BCUT2D eigenvalue weighted by Crippen LogP contribution is 2.29. The third kappa shape index (κ3) is 1.05. The molecular weight excluding hydrogens is 152 g/mol. The van der Waals surface area contributed by atoms with Gasteiger partial charge in [0.15, 0.2) is 0 Å². The summed E-state index contributed by atoms with van der Waals surface area (Å²) in [6, 6.07) is 0. The number of carbonyl (C=O) groups is 1. The molecule has 0 aromatic heterocycles. The maximum Gasteiger partial charge on any atom is 0.315 e. The van der Waals surface area contributed by atoms with Gasteiger partial charge in [-0.25, -0.2) is 0 Å². The molecule has 0 amide bonds. The van der Waals surface area contributed by atoms with E-state index in [4.69, 9.17) is 10.2 Å². The van der Waals surface area contributed by atoms with Crippen molar-refractivity contribution in [2.24, 2.45) is 10.7 Å². The summed E-state index contributed by atoms with van der Waals surface area (Å²) in [6.07, 6.45) is 0. The molecule has 0 atom stereocenters. The minimum atomic E-state index is -1.16. The molecule has 2 N–H and O–H groups in total. The number of hydrogen-bond acceptors (Lipinski definition) is 4. The Labute approximate surface area is 62.4 Å². The molecule has 6 heteroatoms. The second-order valence-corrected chi connectivity index (χ2v) is 2.65. The maximum atomic E-state index is 10.5. The molecule has 1 heterocycles. The lowest BCUT2D eigenvalue weighted by atomic mass is 9.82. The van der Waals surface area contributed by atoms with Gasteiger partial charge in [0.25, 0.3) is 0 Å². The van der Waals surface area contributed by atoms with Crippen LogP contribution in [-0.4, -0.2) is 40.9 Å². The molecule has 0 aliphatic carbocycles. The molecule has 1 aliphatic heterocycles. The van der Waals surface area contributed by atoms with E-state index in [1.165, 1.54) is 0 Å². The predicted molar refractivity (Wildman–Crippen MR) is 34.5 cm³/mol. The van der Waals surface area contributed by atoms with Crippen LogP contribution in [0.25, 0.3) is 0 Å². The topological polar surface area (TPSA) is 90.2 Å². The largest absolute Gasteiger partial charge is 0.481 e. The molecule has 1 fully saturated rings. The minimum Gasteiger partial charge on any atom is -0.481 e. The molecular formula is C5H8N2O4. The van der Waals surface area contributed by atoms with Gasteiger partial charge in [0.1, 0.15) is 5.41 Å². The van der Waals surface area contributed by atoms with Crippen molar-refractivity contribution >= 4 is 5.97 Å². The van der Waals surface area contributed by atoms with Crippen molar-refractivity contribution in [3.63, 3.8) is 0 Å². The fourth-order valence-corrected chi connectivity index (χ4v) is 1.01. The van der Waals surface area contributed by atoms with E-state index in [1.807, 2.05) is 0 Å². The normalized spacial score (nSPS) is 20.6. The van der Waals surface area contributed by atoms with Crippen molar-refractivity contribution in [3.05, 3.63) is 4.91 Å². The number of aliphatic hydroxyl groups excluding tert-OH is 1. The van der Waals surface area contributed by atoms with Crippen LogP contribution in [-0.2, 0) is 4.79 Å². The summed E-state index contributed by atoms with van der Waals surface area (Å²) in [5.74, 6) is -1.08. The summed E-state index contributed by atoms with van der Waals surface area (Å²) in [5, 5.41) is 20.8. The van der Waals surface area contributed by atoms with Crippen LogP contribution in [0.2, 0.25) is 0 Å². The van der Waals surface area contributed by atoms with Crippen LogP contribution in [0.1, 0.15) is 0 Å². The number of nitrogens with zero attached hydrogens (tertiary/aromatic N) is 2. The Bertz CT molecular complexity index is 187. The second kappa shape index (κ2) is 2.46. The Kier molecular flexibility index (Phi) is 1.77. The van der Waals surface area contributed by atoms with Gasteiger partial charge in [0, 0.05) is 0 Å². The maximum absolute atomic E-state index is 10.5. The van der Waals surface area contributed by atoms with Gasteiger partial charge in [0.2, 0.25) is 0 Å². The average molecular weight is 160 g/mol. The van der Waals surface area contributed by atoms with E-state index < -0.39 is 18.0 Å². The Morgan fingerprint density at radius 2 is 2.18 bits per heavy atom. The van der Waals surface area contributed by atoms with Gasteiger partial charge in [-0.2, -0.15) is 0 Å². The van der Waals surface area contributed by atoms with Crippen molar-refractivity contribution in [3.8, 4) is 0 Å². The van der Waals surface area contributed by atoms with E-state index >= 15 is 0 Å². The van der Waals surface area contributed by atoms with Crippen LogP contribution in [0.5, 0.6) is 0 Å². The summed E-state index contributed by atoms with van der Waals surface area (Å²) in [6.45, 7) is -0.445. The van der Waals surface area contributed by atoms with Gasteiger partial charge in [-0.05, 0) is 0 Å². The molecule has 6 nitrogen and oxygen atoms in total. The van der Waals surface area contributed by atoms with E-state index in [1.54, 1.807) is 0 Å². The number of nitroso groups, excluding NO2 is 1. The molecule has 0 spiro atoms. The smallest absolute Gasteiger partial charge is 0.315 e. The number of carboxylic acids is 1. The number of aliphatic carboxylic acids is 1. The first-order valence-corrected chi connectivity index (χ1v) is 3.07. The Morgan fingerprint density at radius 1 is 1.64 bits per heavy atom. The van der Waals surface area contributed by atoms with Gasteiger partial charge in [-0.15, -0.1) is 4.91 Å². The zero-order valence-corrected chi connectivity index (χ0v) is 5.73. The highest BCUT2D eigenvalue weighted by molar-refractivity contribution is 5.76. The van der Waals surface area contributed by atoms with Crippen molar-refractivity contribution in [1.82, 2.24) is 5.01 Å². The highest BCUT2D eigenvalue weighted by atomic mass is 16.4. The van der Waals surface area contributed by atoms with Crippen molar-refractivity contribution in [2.45, 2.75) is 0 Å². The second-order valence-electron chi connectivity index (χ2n) is 2.65. The van der Waals surface area contributed by atoms with Crippen molar-refractivity contribution in [2.75, 3.05) is 19.7 Å². The van der Waals surface area contributed by atoms with Gasteiger partial charge in [0.05, 0.1) is 25.0 Å². The lowest BCUT2D eigenvalue weighted by Crippen LogP contribution is -2.60. The van der Waals surface area contributed by atoms with Crippen LogP contribution < -0.4 is 0 Å². The Hall–Kier alpha value is -1.17. The first-order chi connectivity index (χ1) is 5.14. The number of carboxylic acid groups (broad SMARTS) is 1. The number of hydrogen-bond donors (Lipinski definition) is 2. The highest BCUT2D eigenvalue weighted by Gasteiger charge is 2.50. The van der Waals surface area contributed by atoms with Gasteiger partial charge in [-0.3, -0.25) is 9.80 Å². The van der Waals surface area contributed by atoms with E-state index in [2.05, 4.69) is 5.29 Å². The molecule has 11 heavy (non-hydrogen) atoms. The van der Waals surface area contributed by atoms with Crippen LogP contribution in [0.15, 0.2) is 5.29 Å². The quantitative estimate of drug-likeness (QED) is 0.519. The molecule has 0 aromatic rings. The molecule has 0 unspecified atom stereocenters. The third-order valence-corrected chi connectivity index (χ3v) is 1.84. The van der Waals surface area contributed by atoms with E-state index in [0.717, 1.165) is 5.01 Å². The molecule has 1 saturated heterocycles. The van der Waals surface area contributed by atoms with Crippen LogP contribution in [0, 0.1) is 10.3 Å². The third-order valence-electron chi connectivity index (χ3n) is 1.84. The summed E-state index contributed by atoms with van der Waals surface area (Å²) < 4.78 is 0. The molecule has 1 rings (SSSR count). The predicted octanol–water partition coefficient (Wildman–Crippen LogP) is -0.953. The van der Waals surface area contributed by atoms with E-state index in [9.17, 15) is 9.70 Å². The molecule has 1 aliphatic rings. The molecule has 0 bridgehead atoms. The zero-order valence-electron chi connectivity index (χ0n) is 5.73. The lowest BCUT2D eigenvalue weighted by molar-refractivity contribution is -0.165. The number of aliphatic hydroxyl groups is 1. The molecule has 0 saturated carbocycles. The fraction of sp³-hybridized carbons (Fsp3) is 0.800. The average Bonchev–Trinajstić information content (AvgIpc) is 1.86. The van der Waals surface area contributed by atoms with Crippen LogP contribution in [0.3, 0.4) is 0 Å². The fourth-order valence-electron chi connectivity index (χ4n) is 1.01. The number of rotatable bonds is 3. The van der Waals surface area contributed by atoms with Gasteiger partial charge in [-0.1, -0.05) is 0 Å². The molecule has 0 radical (unpaired) electrons. The summed E-state index contributed by atoms with van der Waals surface area (Å²) in [5.41, 5.74) is -1.16.